The van der Waals surface area contributed by atoms with Crippen molar-refractivity contribution in [3.8, 4) is 0 Å². The molecule has 0 saturated carbocycles. The van der Waals surface area contributed by atoms with Gasteiger partial charge in [-0.1, -0.05) is 23.7 Å². The van der Waals surface area contributed by atoms with E-state index in [0.29, 0.717) is 30.0 Å². The third kappa shape index (κ3) is 3.32. The van der Waals surface area contributed by atoms with Crippen LogP contribution in [0.15, 0.2) is 35.9 Å². The molecule has 2 N–H and O–H groups in total. The summed E-state index contributed by atoms with van der Waals surface area (Å²) in [5.41, 5.74) is 0.263. The van der Waals surface area contributed by atoms with Crippen LogP contribution in [-0.4, -0.2) is 24.7 Å². The number of halogens is 1. The summed E-state index contributed by atoms with van der Waals surface area (Å²) in [5, 5.41) is 8.47. The van der Waals surface area contributed by atoms with Crippen molar-refractivity contribution in [1.82, 2.24) is 0 Å². The van der Waals surface area contributed by atoms with Crippen molar-refractivity contribution in [3.05, 3.63) is 40.9 Å². The summed E-state index contributed by atoms with van der Waals surface area (Å²) in [6, 6.07) is 6.29. The van der Waals surface area contributed by atoms with Crippen LogP contribution >= 0.6 is 11.6 Å². The van der Waals surface area contributed by atoms with E-state index in [9.17, 15) is 13.2 Å². The van der Waals surface area contributed by atoms with E-state index in [0.717, 1.165) is 0 Å². The largest absolute Gasteiger partial charge is 0.478 e. The standard InChI is InChI=1S/C13H14ClNO4S/c14-9-4-3-5-10(8-9)15-20(18,19)12-7-2-1-6-11(12)13(16)17/h3-6,8,12,15H,1-2,7H2,(H,16,17). The van der Waals surface area contributed by atoms with Crippen LogP contribution in [0.2, 0.25) is 5.02 Å². The summed E-state index contributed by atoms with van der Waals surface area (Å²) in [4.78, 5) is 11.1. The Morgan fingerprint density at radius 3 is 2.80 bits per heavy atom. The Balaban J connectivity index is 2.28. The second-order valence-electron chi connectivity index (χ2n) is 4.54. The fraction of sp³-hybridized carbons (Fsp3) is 0.308. The van der Waals surface area contributed by atoms with E-state index in [-0.39, 0.29) is 5.57 Å². The van der Waals surface area contributed by atoms with Crippen LogP contribution in [0.5, 0.6) is 0 Å². The number of anilines is 1. The quantitative estimate of drug-likeness (QED) is 0.894. The maximum atomic E-state index is 12.3. The first-order valence-corrected chi connectivity index (χ1v) is 8.03. The average Bonchev–Trinajstić information content (AvgIpc) is 2.38. The van der Waals surface area contributed by atoms with Gasteiger partial charge in [0.25, 0.3) is 0 Å². The number of sulfonamides is 1. The molecule has 108 valence electrons. The number of allylic oxidation sites excluding steroid dienone is 1. The molecule has 0 amide bonds. The van der Waals surface area contributed by atoms with E-state index in [2.05, 4.69) is 4.72 Å². The van der Waals surface area contributed by atoms with Crippen LogP contribution in [-0.2, 0) is 14.8 Å². The van der Waals surface area contributed by atoms with Gasteiger partial charge >= 0.3 is 5.97 Å². The number of carbonyl (C=O) groups is 1. The number of aliphatic carboxylic acids is 1. The lowest BCUT2D eigenvalue weighted by Crippen LogP contribution is -2.34. The topological polar surface area (TPSA) is 83.5 Å². The van der Waals surface area contributed by atoms with Gasteiger partial charge in [-0.3, -0.25) is 4.72 Å². The molecule has 1 aromatic rings. The first kappa shape index (κ1) is 14.9. The predicted molar refractivity (Wildman–Crippen MR) is 77.4 cm³/mol. The molecular formula is C13H14ClNO4S. The Hall–Kier alpha value is -1.53. The Kier molecular flexibility index (Phi) is 4.35. The molecule has 1 unspecified atom stereocenters. The average molecular weight is 316 g/mol. The minimum absolute atomic E-state index is 0.0641. The summed E-state index contributed by atoms with van der Waals surface area (Å²) >= 11 is 5.80. The highest BCUT2D eigenvalue weighted by Gasteiger charge is 2.34. The van der Waals surface area contributed by atoms with Gasteiger partial charge in [-0.15, -0.1) is 0 Å². The van der Waals surface area contributed by atoms with Gasteiger partial charge in [0, 0.05) is 10.7 Å². The van der Waals surface area contributed by atoms with Crippen LogP contribution in [0.25, 0.3) is 0 Å². The van der Waals surface area contributed by atoms with Crippen molar-refractivity contribution < 1.29 is 18.3 Å². The van der Waals surface area contributed by atoms with Crippen LogP contribution in [0.1, 0.15) is 19.3 Å². The number of hydrogen-bond acceptors (Lipinski definition) is 3. The Labute approximate surface area is 122 Å². The molecule has 0 spiro atoms. The molecule has 0 aliphatic heterocycles. The van der Waals surface area contributed by atoms with Crippen LogP contribution in [0.3, 0.4) is 0 Å². The van der Waals surface area contributed by atoms with Gasteiger partial charge in [0.2, 0.25) is 10.0 Å². The molecule has 1 aromatic carbocycles. The SMILES string of the molecule is O=C(O)C1=CCCCC1S(=O)(=O)Nc1cccc(Cl)c1. The molecule has 2 rings (SSSR count). The molecule has 5 nitrogen and oxygen atoms in total. The molecule has 0 heterocycles. The maximum absolute atomic E-state index is 12.3. The molecule has 0 radical (unpaired) electrons. The number of hydrogen-bond donors (Lipinski definition) is 2. The molecular weight excluding hydrogens is 302 g/mol. The number of carboxylic acids is 1. The first-order chi connectivity index (χ1) is 9.40. The lowest BCUT2D eigenvalue weighted by molar-refractivity contribution is -0.132. The van der Waals surface area contributed by atoms with Crippen molar-refractivity contribution in [1.29, 1.82) is 0 Å². The van der Waals surface area contributed by atoms with Crippen molar-refractivity contribution in [2.24, 2.45) is 0 Å². The van der Waals surface area contributed by atoms with Gasteiger partial charge < -0.3 is 5.11 Å². The lowest BCUT2D eigenvalue weighted by atomic mass is 9.99. The summed E-state index contributed by atoms with van der Waals surface area (Å²) in [6.45, 7) is 0. The third-order valence-corrected chi connectivity index (χ3v) is 5.08. The van der Waals surface area contributed by atoms with Crippen LogP contribution in [0.4, 0.5) is 5.69 Å². The van der Waals surface area contributed by atoms with Gasteiger partial charge in [0.05, 0.1) is 5.57 Å². The molecule has 0 aromatic heterocycles. The van der Waals surface area contributed by atoms with Crippen LogP contribution < -0.4 is 4.72 Å². The maximum Gasteiger partial charge on any atom is 0.332 e. The minimum Gasteiger partial charge on any atom is -0.478 e. The summed E-state index contributed by atoms with van der Waals surface area (Å²) in [6.07, 6.45) is 3.02. The molecule has 1 aliphatic carbocycles. The molecule has 7 heteroatoms. The minimum atomic E-state index is -3.81. The highest BCUT2D eigenvalue weighted by atomic mass is 35.5. The number of carboxylic acid groups (broad SMARTS) is 1. The summed E-state index contributed by atoms with van der Waals surface area (Å²) < 4.78 is 27.0. The van der Waals surface area contributed by atoms with Gasteiger partial charge in [-0.2, -0.15) is 0 Å². The number of benzene rings is 1. The summed E-state index contributed by atoms with van der Waals surface area (Å²) in [7, 11) is -3.81. The monoisotopic (exact) mass is 315 g/mol. The zero-order chi connectivity index (χ0) is 14.8. The summed E-state index contributed by atoms with van der Waals surface area (Å²) in [5.74, 6) is -1.19. The first-order valence-electron chi connectivity index (χ1n) is 6.11. The van der Waals surface area contributed by atoms with Crippen molar-refractivity contribution in [2.75, 3.05) is 4.72 Å². The smallest absolute Gasteiger partial charge is 0.332 e. The molecule has 1 atom stereocenters. The van der Waals surface area contributed by atoms with E-state index >= 15 is 0 Å². The van der Waals surface area contributed by atoms with Crippen molar-refractivity contribution >= 4 is 33.3 Å². The number of rotatable bonds is 4. The Bertz CT molecular complexity index is 654. The number of nitrogens with one attached hydrogen (secondary N) is 1. The van der Waals surface area contributed by atoms with E-state index in [1.54, 1.807) is 18.2 Å². The Morgan fingerprint density at radius 1 is 1.40 bits per heavy atom. The van der Waals surface area contributed by atoms with Gasteiger partial charge in [-0.05, 0) is 37.5 Å². The lowest BCUT2D eigenvalue weighted by Gasteiger charge is -2.22. The molecule has 0 saturated heterocycles. The highest BCUT2D eigenvalue weighted by molar-refractivity contribution is 7.93. The van der Waals surface area contributed by atoms with E-state index in [1.807, 2.05) is 0 Å². The second kappa shape index (κ2) is 5.85. The van der Waals surface area contributed by atoms with Gasteiger partial charge in [0.1, 0.15) is 5.25 Å². The van der Waals surface area contributed by atoms with Gasteiger partial charge in [-0.25, -0.2) is 13.2 Å². The second-order valence-corrected chi connectivity index (χ2v) is 6.84. The van der Waals surface area contributed by atoms with Crippen LogP contribution in [0, 0.1) is 0 Å². The molecule has 1 aliphatic rings. The van der Waals surface area contributed by atoms with Gasteiger partial charge in [0.15, 0.2) is 0 Å². The van der Waals surface area contributed by atoms with E-state index < -0.39 is 21.2 Å². The van der Waals surface area contributed by atoms with Crippen molar-refractivity contribution in [3.63, 3.8) is 0 Å². The van der Waals surface area contributed by atoms with E-state index in [1.165, 1.54) is 12.1 Å². The van der Waals surface area contributed by atoms with Crippen molar-refractivity contribution in [2.45, 2.75) is 24.5 Å². The molecule has 0 bridgehead atoms. The third-order valence-electron chi connectivity index (χ3n) is 3.09. The van der Waals surface area contributed by atoms with E-state index in [4.69, 9.17) is 16.7 Å². The Morgan fingerprint density at radius 2 is 2.15 bits per heavy atom. The zero-order valence-electron chi connectivity index (χ0n) is 10.5. The zero-order valence-corrected chi connectivity index (χ0v) is 12.1. The predicted octanol–water partition coefficient (Wildman–Crippen LogP) is 2.65. The fourth-order valence-electron chi connectivity index (χ4n) is 2.18. The fourth-order valence-corrected chi connectivity index (χ4v) is 3.98. The normalized spacial score (nSPS) is 19.2. The highest BCUT2D eigenvalue weighted by Crippen LogP contribution is 2.27. The molecule has 0 fully saturated rings. The molecule has 20 heavy (non-hydrogen) atoms.